The first-order valence-electron chi connectivity index (χ1n) is 11.5. The van der Waals surface area contributed by atoms with Gasteiger partial charge in [-0.05, 0) is 63.3 Å². The first-order chi connectivity index (χ1) is 16.5. The fourth-order valence-corrected chi connectivity index (χ4v) is 5.52. The lowest BCUT2D eigenvalue weighted by Crippen LogP contribution is -2.38. The second kappa shape index (κ2) is 9.50. The van der Waals surface area contributed by atoms with Gasteiger partial charge in [-0.2, -0.15) is 5.10 Å². The highest BCUT2D eigenvalue weighted by molar-refractivity contribution is 7.11. The molecule has 0 saturated heterocycles. The molecule has 1 saturated carbocycles. The number of hydrogen-bond donors (Lipinski definition) is 2. The molecule has 0 atom stereocenters. The van der Waals surface area contributed by atoms with Gasteiger partial charge in [-0.15, -0.1) is 21.5 Å². The molecular formula is C25H27FN6OS. The van der Waals surface area contributed by atoms with E-state index in [-0.39, 0.29) is 17.3 Å². The average Bonchev–Trinajstić information content (AvgIpc) is 3.51. The van der Waals surface area contributed by atoms with Crippen molar-refractivity contribution in [3.63, 3.8) is 0 Å². The Hall–Kier alpha value is -3.33. The van der Waals surface area contributed by atoms with Gasteiger partial charge in [-0.1, -0.05) is 18.2 Å². The Morgan fingerprint density at radius 2 is 1.94 bits per heavy atom. The standard InChI is InChI=1S/C25H27FN6OS/c1-16-5-3-7-20(23(16)26)33-19-9-12-25(13-10-19,24-32-30-17(2)34-24)15-18-6-4-8-21(28-18)29-22-11-14-27-31-22/h3-8,11,14,19H,9-10,12-13,15H2,1-2H3,(H2,27,28,29,31). The number of halogens is 1. The first kappa shape index (κ1) is 22.5. The summed E-state index contributed by atoms with van der Waals surface area (Å²) in [7, 11) is 0. The van der Waals surface area contributed by atoms with Crippen LogP contribution in [0.2, 0.25) is 0 Å². The minimum Gasteiger partial charge on any atom is -0.487 e. The number of ether oxygens (including phenoxy) is 1. The second-order valence-corrected chi connectivity index (χ2v) is 10.1. The molecular weight excluding hydrogens is 451 g/mol. The van der Waals surface area contributed by atoms with E-state index in [2.05, 4.69) is 31.8 Å². The van der Waals surface area contributed by atoms with Crippen molar-refractivity contribution in [1.29, 1.82) is 0 Å². The van der Waals surface area contributed by atoms with Gasteiger partial charge in [0, 0.05) is 23.6 Å². The Bertz CT molecular complexity index is 1250. The number of H-pyrrole nitrogens is 1. The summed E-state index contributed by atoms with van der Waals surface area (Å²) in [6.45, 7) is 3.74. The Morgan fingerprint density at radius 1 is 1.12 bits per heavy atom. The number of aromatic amines is 1. The summed E-state index contributed by atoms with van der Waals surface area (Å²) < 4.78 is 20.6. The van der Waals surface area contributed by atoms with Crippen molar-refractivity contribution in [2.45, 2.75) is 57.5 Å². The molecule has 3 heterocycles. The number of pyridine rings is 1. The Balaban J connectivity index is 1.35. The quantitative estimate of drug-likeness (QED) is 0.356. The molecule has 0 unspecified atom stereocenters. The van der Waals surface area contributed by atoms with E-state index in [4.69, 9.17) is 9.72 Å². The summed E-state index contributed by atoms with van der Waals surface area (Å²) in [4.78, 5) is 4.84. The molecule has 5 rings (SSSR count). The molecule has 0 spiro atoms. The van der Waals surface area contributed by atoms with Crippen molar-refractivity contribution in [3.8, 4) is 5.75 Å². The highest BCUT2D eigenvalue weighted by atomic mass is 32.1. The fraction of sp³-hybridized carbons (Fsp3) is 0.360. The predicted molar refractivity (Wildman–Crippen MR) is 130 cm³/mol. The van der Waals surface area contributed by atoms with E-state index in [1.54, 1.807) is 36.6 Å². The Kier molecular flexibility index (Phi) is 6.28. The lowest BCUT2D eigenvalue weighted by molar-refractivity contribution is 0.110. The van der Waals surface area contributed by atoms with Gasteiger partial charge in [-0.3, -0.25) is 5.10 Å². The lowest BCUT2D eigenvalue weighted by atomic mass is 9.70. The molecule has 9 heteroatoms. The van der Waals surface area contributed by atoms with Crippen LogP contribution >= 0.6 is 11.3 Å². The summed E-state index contributed by atoms with van der Waals surface area (Å²) in [6.07, 6.45) is 5.81. The van der Waals surface area contributed by atoms with Crippen molar-refractivity contribution >= 4 is 23.0 Å². The highest BCUT2D eigenvalue weighted by Gasteiger charge is 2.41. The third-order valence-electron chi connectivity index (χ3n) is 6.41. The molecule has 1 aliphatic rings. The minimum atomic E-state index is -0.273. The molecule has 1 fully saturated rings. The smallest absolute Gasteiger partial charge is 0.167 e. The summed E-state index contributed by atoms with van der Waals surface area (Å²) >= 11 is 1.65. The van der Waals surface area contributed by atoms with Crippen molar-refractivity contribution < 1.29 is 9.13 Å². The Labute approximate surface area is 201 Å². The molecule has 7 nitrogen and oxygen atoms in total. The maximum atomic E-state index is 14.5. The average molecular weight is 479 g/mol. The molecule has 176 valence electrons. The maximum Gasteiger partial charge on any atom is 0.167 e. The van der Waals surface area contributed by atoms with Gasteiger partial charge in [-0.25, -0.2) is 9.37 Å². The third kappa shape index (κ3) is 4.79. The molecule has 2 N–H and O–H groups in total. The largest absolute Gasteiger partial charge is 0.487 e. The van der Waals surface area contributed by atoms with Crippen LogP contribution < -0.4 is 10.1 Å². The van der Waals surface area contributed by atoms with Gasteiger partial charge in [0.15, 0.2) is 11.6 Å². The van der Waals surface area contributed by atoms with E-state index in [1.165, 1.54) is 0 Å². The van der Waals surface area contributed by atoms with Crippen LogP contribution in [0.1, 0.15) is 47.0 Å². The van der Waals surface area contributed by atoms with Crippen LogP contribution in [0.3, 0.4) is 0 Å². The molecule has 4 aromatic rings. The van der Waals surface area contributed by atoms with Crippen LogP contribution in [-0.2, 0) is 11.8 Å². The highest BCUT2D eigenvalue weighted by Crippen LogP contribution is 2.44. The topological polar surface area (TPSA) is 88.6 Å². The number of hydrogen-bond acceptors (Lipinski definition) is 7. The van der Waals surface area contributed by atoms with Crippen LogP contribution in [0.5, 0.6) is 5.75 Å². The van der Waals surface area contributed by atoms with E-state index in [9.17, 15) is 4.39 Å². The molecule has 34 heavy (non-hydrogen) atoms. The number of nitrogens with zero attached hydrogens (tertiary/aromatic N) is 4. The van der Waals surface area contributed by atoms with Crippen LogP contribution in [0.15, 0.2) is 48.7 Å². The number of benzene rings is 1. The second-order valence-electron chi connectivity index (χ2n) is 8.90. The molecule has 3 aromatic heterocycles. The summed E-state index contributed by atoms with van der Waals surface area (Å²) in [5, 5.41) is 20.9. The van der Waals surface area contributed by atoms with Crippen molar-refractivity contribution in [2.75, 3.05) is 5.32 Å². The van der Waals surface area contributed by atoms with E-state index >= 15 is 0 Å². The first-order valence-corrected chi connectivity index (χ1v) is 12.3. The van der Waals surface area contributed by atoms with Crippen molar-refractivity contribution in [3.05, 3.63) is 75.8 Å². The van der Waals surface area contributed by atoms with Crippen LogP contribution in [0.4, 0.5) is 16.0 Å². The van der Waals surface area contributed by atoms with Crippen molar-refractivity contribution in [2.24, 2.45) is 0 Å². The van der Waals surface area contributed by atoms with Gasteiger partial charge < -0.3 is 10.1 Å². The number of rotatable bonds is 7. The summed E-state index contributed by atoms with van der Waals surface area (Å²) in [6, 6.07) is 13.2. The lowest BCUT2D eigenvalue weighted by Gasteiger charge is -2.38. The third-order valence-corrected chi connectivity index (χ3v) is 7.49. The zero-order valence-corrected chi connectivity index (χ0v) is 20.0. The van der Waals surface area contributed by atoms with E-state index < -0.39 is 0 Å². The van der Waals surface area contributed by atoms with E-state index in [0.717, 1.165) is 59.4 Å². The van der Waals surface area contributed by atoms with Gasteiger partial charge in [0.05, 0.1) is 12.3 Å². The monoisotopic (exact) mass is 478 g/mol. The van der Waals surface area contributed by atoms with Gasteiger partial charge in [0.25, 0.3) is 0 Å². The van der Waals surface area contributed by atoms with Gasteiger partial charge in [0.1, 0.15) is 21.7 Å². The normalized spacial score (nSPS) is 20.3. The van der Waals surface area contributed by atoms with Crippen LogP contribution in [0, 0.1) is 19.7 Å². The molecule has 0 amide bonds. The number of anilines is 2. The number of aromatic nitrogens is 5. The summed E-state index contributed by atoms with van der Waals surface area (Å²) in [5.41, 5.74) is 1.42. The van der Waals surface area contributed by atoms with Gasteiger partial charge >= 0.3 is 0 Å². The molecule has 1 aliphatic carbocycles. The van der Waals surface area contributed by atoms with Crippen molar-refractivity contribution in [1.82, 2.24) is 25.4 Å². The minimum absolute atomic E-state index is 0.0280. The number of nitrogens with one attached hydrogen (secondary N) is 2. The summed E-state index contributed by atoms with van der Waals surface area (Å²) in [5.74, 6) is 1.62. The molecule has 1 aromatic carbocycles. The zero-order chi connectivity index (χ0) is 23.5. The van der Waals surface area contributed by atoms with Gasteiger partial charge in [0.2, 0.25) is 0 Å². The maximum absolute atomic E-state index is 14.5. The number of aryl methyl sites for hydroxylation is 2. The van der Waals surface area contributed by atoms with Crippen LogP contribution in [0.25, 0.3) is 0 Å². The van der Waals surface area contributed by atoms with E-state index in [1.807, 2.05) is 31.2 Å². The fourth-order valence-electron chi connectivity index (χ4n) is 4.59. The zero-order valence-electron chi connectivity index (χ0n) is 19.2. The molecule has 0 radical (unpaired) electrons. The molecule has 0 aliphatic heterocycles. The van der Waals surface area contributed by atoms with Crippen LogP contribution in [-0.4, -0.2) is 31.5 Å². The Morgan fingerprint density at radius 3 is 2.68 bits per heavy atom. The predicted octanol–water partition coefficient (Wildman–Crippen LogP) is 5.66. The van der Waals surface area contributed by atoms with E-state index in [0.29, 0.717) is 11.3 Å². The SMILES string of the molecule is Cc1nnc(C2(Cc3cccc(Nc4ccn[nH]4)n3)CCC(Oc3cccc(C)c3F)CC2)s1. The molecule has 0 bridgehead atoms.